The zero-order valence-corrected chi connectivity index (χ0v) is 69.4. The molecule has 8 nitrogen and oxygen atoms in total. The molecule has 0 N–H and O–H groups in total. The molecule has 23 aliphatic carbocycles. The van der Waals surface area contributed by atoms with Gasteiger partial charge in [0, 0.05) is 22.7 Å². The highest BCUT2D eigenvalue weighted by molar-refractivity contribution is 5.78. The number of esters is 4. The van der Waals surface area contributed by atoms with Crippen molar-refractivity contribution < 1.29 is 38.1 Å². The normalized spacial score (nSPS) is 44.0. The van der Waals surface area contributed by atoms with Gasteiger partial charge in [-0.1, -0.05) is 89.5 Å². The Morgan fingerprint density at radius 3 is 1.08 bits per heavy atom. The van der Waals surface area contributed by atoms with Crippen molar-refractivity contribution in [1.29, 1.82) is 0 Å². The lowest BCUT2D eigenvalue weighted by molar-refractivity contribution is -0.309. The number of rotatable bonds is 15. The SMILES string of the molecule is CC.CC.CC.CC.CCC(C)(C)C(=O)OC(C)(C)C12CC3C4CC5CC3C(C1)C(C5)C4C2.CCC(C)(C)C(=O)OC(C)(C)C12CC3CC4C5CC(CC41)CC2C5C3.CCC(C)(C)C(=O)OC(C)(C)C1CC2CCC1C2.CCC(C)(C)C(=O)OC1(C)C2CC3C4CC5CC3C1C(C5)C4C2. The molecule has 8 heteroatoms. The maximum atomic E-state index is 13.0. The van der Waals surface area contributed by atoms with E-state index in [9.17, 15) is 19.2 Å². The number of hydrogen-bond acceptors (Lipinski definition) is 8. The van der Waals surface area contributed by atoms with Crippen molar-refractivity contribution in [3.05, 3.63) is 0 Å². The Morgan fingerprint density at radius 1 is 0.343 bits per heavy atom. The summed E-state index contributed by atoms with van der Waals surface area (Å²) in [6, 6.07) is 0. The van der Waals surface area contributed by atoms with Crippen LogP contribution in [-0.4, -0.2) is 46.3 Å². The molecule has 23 aliphatic rings. The van der Waals surface area contributed by atoms with Crippen molar-refractivity contribution in [2.24, 2.45) is 180 Å². The molecule has 568 valence electrons. The fraction of sp³-hybridized carbons (Fsp3) is 0.956. The molecule has 23 saturated carbocycles. The molecule has 0 spiro atoms. The van der Waals surface area contributed by atoms with Crippen molar-refractivity contribution in [3.63, 3.8) is 0 Å². The van der Waals surface area contributed by atoms with Gasteiger partial charge in [0.2, 0.25) is 0 Å². The lowest BCUT2D eigenvalue weighted by Crippen LogP contribution is -2.73. The minimum Gasteiger partial charge on any atom is -0.459 e. The Morgan fingerprint density at radius 2 is 0.687 bits per heavy atom. The minimum atomic E-state index is -0.364. The van der Waals surface area contributed by atoms with E-state index in [-0.39, 0.29) is 78.8 Å². The number of carbonyl (C=O) groups excluding carboxylic acids is 4. The summed E-state index contributed by atoms with van der Waals surface area (Å²) >= 11 is 0. The summed E-state index contributed by atoms with van der Waals surface area (Å²) < 4.78 is 25.0. The standard InChI is InChI=1S/2C23H36O2.C21H32O2.C16H28O2.4C2H6/c1-6-21(2,3)20(24)25-22(4,5)23-12-14-8-16-15-7-13(10-18(16)23)11-19(23)17(15)9-14;1-6-21(2,3)20(24)25-22(4,5)23-10-17-14-7-13-8-15(17)19(12-23)16(9-13)18(14)11-23;1-5-20(2,3)19(22)23-21(4)12-9-14-13-6-11-7-16(14)18(21)17(8-11)15(13)10-12;1-6-15(2,3)14(17)18-16(4,5)13-10-11-7-8-12(13)9-11;4*1-2/h2*13-19H,6-12H2,1-5H3;11-18H,5-10H2,1-4H3;11-13H,6-10H2,1-5H3;4*1-2H3. The summed E-state index contributed by atoms with van der Waals surface area (Å²) in [7, 11) is 0. The summed E-state index contributed by atoms with van der Waals surface area (Å²) in [5.41, 5.74) is -1.98. The first-order valence-electron chi connectivity index (χ1n) is 43.4. The first-order valence-corrected chi connectivity index (χ1v) is 43.4. The quantitative estimate of drug-likeness (QED) is 0.118. The number of fused-ring (bicyclic) bond motifs is 2. The van der Waals surface area contributed by atoms with E-state index >= 15 is 0 Å². The first kappa shape index (κ1) is 79.4. The van der Waals surface area contributed by atoms with Gasteiger partial charge in [-0.05, 0) is 394 Å². The van der Waals surface area contributed by atoms with Gasteiger partial charge in [0.05, 0.1) is 21.7 Å². The van der Waals surface area contributed by atoms with Crippen LogP contribution in [0.3, 0.4) is 0 Å². The summed E-state index contributed by atoms with van der Waals surface area (Å²) in [5.74, 6) is 22.8. The second-order valence-corrected chi connectivity index (χ2v) is 41.0. The lowest BCUT2D eigenvalue weighted by atomic mass is 9.28. The molecule has 26 bridgehead atoms. The van der Waals surface area contributed by atoms with Gasteiger partial charge in [0.15, 0.2) is 0 Å². The van der Waals surface area contributed by atoms with Crippen LogP contribution < -0.4 is 0 Å². The molecule has 23 fully saturated rings. The van der Waals surface area contributed by atoms with Crippen molar-refractivity contribution in [1.82, 2.24) is 0 Å². The molecule has 99 heavy (non-hydrogen) atoms. The Balaban J connectivity index is 0.000000139. The average molecular weight is 1380 g/mol. The lowest BCUT2D eigenvalue weighted by Gasteiger charge is -2.77. The fourth-order valence-electron chi connectivity index (χ4n) is 28.6. The van der Waals surface area contributed by atoms with Crippen LogP contribution in [0.1, 0.15) is 347 Å². The van der Waals surface area contributed by atoms with Crippen LogP contribution in [0, 0.1) is 180 Å². The Kier molecular flexibility index (Phi) is 22.9. The average Bonchev–Trinajstić information content (AvgIpc) is 0.847. The van der Waals surface area contributed by atoms with Gasteiger partial charge in [-0.3, -0.25) is 19.2 Å². The van der Waals surface area contributed by atoms with E-state index in [1.807, 2.05) is 118 Å². The monoisotopic (exact) mass is 1380 g/mol. The third-order valence-corrected chi connectivity index (χ3v) is 34.7. The maximum Gasteiger partial charge on any atom is 0.312 e. The maximum absolute atomic E-state index is 13.0. The van der Waals surface area contributed by atoms with E-state index in [1.54, 1.807) is 0 Å². The Bertz CT molecular complexity index is 2710. The van der Waals surface area contributed by atoms with E-state index in [2.05, 4.69) is 69.2 Å². The molecule has 0 amide bonds. The van der Waals surface area contributed by atoms with Crippen LogP contribution in [0.4, 0.5) is 0 Å². The van der Waals surface area contributed by atoms with Gasteiger partial charge in [-0.25, -0.2) is 0 Å². The van der Waals surface area contributed by atoms with Crippen LogP contribution in [0.15, 0.2) is 0 Å². The Hall–Kier alpha value is -2.12. The topological polar surface area (TPSA) is 105 Å². The molecule has 0 aromatic carbocycles. The van der Waals surface area contributed by atoms with Crippen LogP contribution >= 0.6 is 0 Å². The molecule has 12 atom stereocenters. The van der Waals surface area contributed by atoms with Gasteiger partial charge >= 0.3 is 23.9 Å². The second kappa shape index (κ2) is 28.5. The highest BCUT2D eigenvalue weighted by atomic mass is 16.6. The van der Waals surface area contributed by atoms with E-state index in [1.165, 1.54) is 135 Å². The summed E-state index contributed by atoms with van der Waals surface area (Å²) in [5, 5.41) is 0. The summed E-state index contributed by atoms with van der Waals surface area (Å²) in [6.45, 7) is 56.1. The van der Waals surface area contributed by atoms with Crippen LogP contribution in [0.5, 0.6) is 0 Å². The first-order chi connectivity index (χ1) is 46.5. The molecule has 0 aliphatic heterocycles. The van der Waals surface area contributed by atoms with Crippen molar-refractivity contribution in [2.75, 3.05) is 0 Å². The summed E-state index contributed by atoms with van der Waals surface area (Å²) in [6.07, 6.45) is 33.1. The van der Waals surface area contributed by atoms with Crippen LogP contribution in [-0.2, 0) is 38.1 Å². The number of ether oxygens (including phenoxy) is 4. The van der Waals surface area contributed by atoms with Gasteiger partial charge in [-0.15, -0.1) is 0 Å². The highest BCUT2D eigenvalue weighted by Crippen LogP contribution is 2.80. The van der Waals surface area contributed by atoms with Crippen LogP contribution in [0.25, 0.3) is 0 Å². The molecule has 0 aromatic rings. The van der Waals surface area contributed by atoms with E-state index in [0.29, 0.717) is 17.8 Å². The van der Waals surface area contributed by atoms with Crippen LogP contribution in [0.2, 0.25) is 0 Å². The zero-order valence-electron chi connectivity index (χ0n) is 69.4. The summed E-state index contributed by atoms with van der Waals surface area (Å²) in [4.78, 5) is 50.9. The number of hydrogen-bond donors (Lipinski definition) is 0. The Labute approximate surface area is 609 Å². The van der Waals surface area contributed by atoms with E-state index in [4.69, 9.17) is 18.9 Å². The van der Waals surface area contributed by atoms with Crippen molar-refractivity contribution in [2.45, 2.75) is 370 Å². The fourth-order valence-corrected chi connectivity index (χ4v) is 28.6. The third kappa shape index (κ3) is 13.0. The second-order valence-electron chi connectivity index (χ2n) is 41.0. The molecule has 0 radical (unpaired) electrons. The van der Waals surface area contributed by atoms with Crippen molar-refractivity contribution >= 4 is 23.9 Å². The minimum absolute atomic E-state index is 0.0136. The molecule has 0 heterocycles. The molecule has 0 saturated heterocycles. The molecular weight excluding hydrogens is 1220 g/mol. The largest absolute Gasteiger partial charge is 0.459 e. The smallest absolute Gasteiger partial charge is 0.312 e. The zero-order chi connectivity index (χ0) is 73.2. The third-order valence-electron chi connectivity index (χ3n) is 34.7. The number of carbonyl (C=O) groups is 4. The van der Waals surface area contributed by atoms with Gasteiger partial charge in [-0.2, -0.15) is 0 Å². The predicted molar refractivity (Wildman–Crippen MR) is 406 cm³/mol. The van der Waals surface area contributed by atoms with E-state index < -0.39 is 0 Å². The van der Waals surface area contributed by atoms with Gasteiger partial charge in [0.25, 0.3) is 0 Å². The molecule has 12 unspecified atom stereocenters. The highest BCUT2D eigenvalue weighted by Gasteiger charge is 2.76. The molecular formula is C91H156O8. The van der Waals surface area contributed by atoms with Gasteiger partial charge < -0.3 is 18.9 Å². The predicted octanol–water partition coefficient (Wildman–Crippen LogP) is 23.9. The molecule has 23 rings (SSSR count). The van der Waals surface area contributed by atoms with Crippen molar-refractivity contribution in [3.8, 4) is 0 Å². The van der Waals surface area contributed by atoms with Gasteiger partial charge in [0.1, 0.15) is 22.4 Å². The van der Waals surface area contributed by atoms with E-state index in [0.717, 1.165) is 156 Å². The molecule has 0 aromatic heterocycles.